The lowest BCUT2D eigenvalue weighted by atomic mass is 10.3. The monoisotopic (exact) mass is 348 g/mol. The predicted octanol–water partition coefficient (Wildman–Crippen LogP) is 3.80. The largest absolute Gasteiger partial charge is 0.394 e. The highest BCUT2D eigenvalue weighted by atomic mass is 79.9. The molecule has 2 aromatic rings. The van der Waals surface area contributed by atoms with Crippen molar-refractivity contribution < 1.29 is 8.78 Å². The van der Waals surface area contributed by atoms with E-state index in [9.17, 15) is 8.78 Å². The Balaban J connectivity index is 2.44. The van der Waals surface area contributed by atoms with E-state index in [2.05, 4.69) is 31.2 Å². The van der Waals surface area contributed by atoms with E-state index in [1.54, 1.807) is 6.92 Å². The van der Waals surface area contributed by atoms with Gasteiger partial charge in [-0.05, 0) is 40.5 Å². The average molecular weight is 350 g/mol. The van der Waals surface area contributed by atoms with Crippen LogP contribution in [0.1, 0.15) is 5.69 Å². The zero-order chi connectivity index (χ0) is 14.2. The van der Waals surface area contributed by atoms with Crippen LogP contribution in [0, 0.1) is 18.6 Å². The summed E-state index contributed by atoms with van der Waals surface area (Å²) >= 11 is 8.67. The second-order valence-electron chi connectivity index (χ2n) is 3.71. The first-order valence-corrected chi connectivity index (χ1v) is 6.26. The number of nitrogens with two attached hydrogens (primary N) is 1. The molecule has 0 aliphatic carbocycles. The van der Waals surface area contributed by atoms with E-state index < -0.39 is 11.6 Å². The van der Waals surface area contributed by atoms with Gasteiger partial charge in [-0.2, -0.15) is 4.98 Å². The maximum Gasteiger partial charge on any atom is 0.224 e. The zero-order valence-electron chi connectivity index (χ0n) is 9.64. The van der Waals surface area contributed by atoms with Gasteiger partial charge in [0, 0.05) is 6.07 Å². The summed E-state index contributed by atoms with van der Waals surface area (Å²) in [4.78, 5) is 7.72. The first-order valence-electron chi connectivity index (χ1n) is 5.09. The average Bonchev–Trinajstić information content (AvgIpc) is 2.32. The molecule has 19 heavy (non-hydrogen) atoms. The maximum atomic E-state index is 13.6. The van der Waals surface area contributed by atoms with Crippen molar-refractivity contribution in [2.75, 3.05) is 11.1 Å². The summed E-state index contributed by atoms with van der Waals surface area (Å²) in [5.74, 6) is -1.31. The van der Waals surface area contributed by atoms with Gasteiger partial charge in [-0.15, -0.1) is 0 Å². The number of halogens is 4. The molecule has 1 aromatic heterocycles. The summed E-state index contributed by atoms with van der Waals surface area (Å²) in [5.41, 5.74) is 6.49. The van der Waals surface area contributed by atoms with E-state index in [-0.39, 0.29) is 26.9 Å². The summed E-state index contributed by atoms with van der Waals surface area (Å²) in [6, 6.07) is 1.99. The third-order valence-corrected chi connectivity index (χ3v) is 3.15. The summed E-state index contributed by atoms with van der Waals surface area (Å²) in [6.07, 6.45) is 0. The molecule has 1 aromatic carbocycles. The van der Waals surface area contributed by atoms with E-state index in [1.807, 2.05) is 0 Å². The molecule has 3 N–H and O–H groups in total. The number of nitrogens with one attached hydrogen (secondary N) is 1. The molecule has 0 bridgehead atoms. The Morgan fingerprint density at radius 2 is 1.95 bits per heavy atom. The number of hydrogen-bond donors (Lipinski definition) is 2. The van der Waals surface area contributed by atoms with Gasteiger partial charge in [-0.3, -0.25) is 0 Å². The third kappa shape index (κ3) is 2.93. The number of nitrogens with zero attached hydrogens (tertiary/aromatic N) is 2. The maximum absolute atomic E-state index is 13.6. The fourth-order valence-electron chi connectivity index (χ4n) is 1.39. The molecule has 0 saturated carbocycles. The van der Waals surface area contributed by atoms with E-state index in [0.29, 0.717) is 5.69 Å². The van der Waals surface area contributed by atoms with Crippen molar-refractivity contribution in [3.63, 3.8) is 0 Å². The lowest BCUT2D eigenvalue weighted by Crippen LogP contribution is -2.05. The lowest BCUT2D eigenvalue weighted by Gasteiger charge is -2.11. The van der Waals surface area contributed by atoms with Gasteiger partial charge in [-0.25, -0.2) is 13.8 Å². The number of hydrogen-bond acceptors (Lipinski definition) is 4. The second kappa shape index (κ2) is 5.26. The molecular weight excluding hydrogens is 342 g/mol. The molecule has 0 aliphatic rings. The molecule has 0 unspecified atom stereocenters. The van der Waals surface area contributed by atoms with Crippen LogP contribution in [-0.2, 0) is 0 Å². The molecule has 8 heteroatoms. The minimum absolute atomic E-state index is 0.0178. The Kier molecular flexibility index (Phi) is 3.86. The topological polar surface area (TPSA) is 63.8 Å². The highest BCUT2D eigenvalue weighted by Gasteiger charge is 2.12. The lowest BCUT2D eigenvalue weighted by molar-refractivity contribution is 0.581. The van der Waals surface area contributed by atoms with Gasteiger partial charge in [-0.1, -0.05) is 0 Å². The van der Waals surface area contributed by atoms with E-state index >= 15 is 0 Å². The van der Waals surface area contributed by atoms with Gasteiger partial charge in [0.05, 0.1) is 21.5 Å². The van der Waals surface area contributed by atoms with Crippen molar-refractivity contribution in [3.05, 3.63) is 39.2 Å². The summed E-state index contributed by atoms with van der Waals surface area (Å²) in [5, 5.41) is 2.64. The zero-order valence-corrected chi connectivity index (χ0v) is 12.0. The molecule has 0 atom stereocenters. The molecule has 4 nitrogen and oxygen atoms in total. The van der Waals surface area contributed by atoms with Gasteiger partial charge < -0.3 is 11.1 Å². The number of benzene rings is 1. The van der Waals surface area contributed by atoms with E-state index in [1.165, 1.54) is 6.07 Å². The fraction of sp³-hybridized carbons (Fsp3) is 0.0909. The molecule has 0 amide bonds. The van der Waals surface area contributed by atoms with Crippen molar-refractivity contribution in [3.8, 4) is 0 Å². The van der Waals surface area contributed by atoms with Crippen molar-refractivity contribution in [1.82, 2.24) is 9.97 Å². The van der Waals surface area contributed by atoms with Crippen LogP contribution < -0.4 is 11.1 Å². The third-order valence-electron chi connectivity index (χ3n) is 2.37. The molecule has 0 aliphatic heterocycles. The molecule has 0 spiro atoms. The van der Waals surface area contributed by atoms with Crippen molar-refractivity contribution in [2.24, 2.45) is 0 Å². The van der Waals surface area contributed by atoms with Crippen LogP contribution in [0.4, 0.5) is 26.0 Å². The second-order valence-corrected chi connectivity index (χ2v) is 4.90. The first kappa shape index (κ1) is 14.0. The molecule has 0 radical (unpaired) electrons. The number of rotatable bonds is 2. The first-order chi connectivity index (χ1) is 8.88. The Morgan fingerprint density at radius 1 is 1.26 bits per heavy atom. The van der Waals surface area contributed by atoms with Gasteiger partial charge in [0.25, 0.3) is 0 Å². The summed E-state index contributed by atoms with van der Waals surface area (Å²) in [7, 11) is 0. The Morgan fingerprint density at radius 3 is 2.63 bits per heavy atom. The van der Waals surface area contributed by atoms with Crippen LogP contribution in [0.15, 0.2) is 16.6 Å². The van der Waals surface area contributed by atoms with E-state index in [4.69, 9.17) is 17.3 Å². The number of nitrogen functional groups attached to an aromatic ring is 1. The van der Waals surface area contributed by atoms with Crippen LogP contribution in [0.25, 0.3) is 0 Å². The quantitative estimate of drug-likeness (QED) is 0.639. The van der Waals surface area contributed by atoms with Crippen molar-refractivity contribution in [2.45, 2.75) is 6.92 Å². The smallest absolute Gasteiger partial charge is 0.224 e. The molecular formula is C11H8BrClF2N4. The SMILES string of the molecule is Cc1nc(Cl)nc(Nc2cc(Br)c(F)cc2F)c1N. The van der Waals surface area contributed by atoms with Gasteiger partial charge in [0.15, 0.2) is 5.82 Å². The molecule has 1 heterocycles. The van der Waals surface area contributed by atoms with Crippen LogP contribution in [0.3, 0.4) is 0 Å². The van der Waals surface area contributed by atoms with Crippen LogP contribution in [0.5, 0.6) is 0 Å². The van der Waals surface area contributed by atoms with Crippen molar-refractivity contribution in [1.29, 1.82) is 0 Å². The minimum Gasteiger partial charge on any atom is -0.394 e. The van der Waals surface area contributed by atoms with Gasteiger partial charge >= 0.3 is 0 Å². The van der Waals surface area contributed by atoms with Crippen molar-refractivity contribution >= 4 is 44.7 Å². The molecule has 2 rings (SSSR count). The standard InChI is InChI=1S/C11H8BrClF2N4/c1-4-9(16)10(19-11(13)17-4)18-8-2-5(12)6(14)3-7(8)15/h2-3H,16H2,1H3,(H,17,18,19). The molecule has 100 valence electrons. The summed E-state index contributed by atoms with van der Waals surface area (Å²) < 4.78 is 26.8. The Hall–Kier alpha value is -1.47. The van der Waals surface area contributed by atoms with E-state index in [0.717, 1.165) is 6.07 Å². The number of aromatic nitrogens is 2. The highest BCUT2D eigenvalue weighted by Crippen LogP contribution is 2.29. The number of anilines is 3. The normalized spacial score (nSPS) is 10.6. The van der Waals surface area contributed by atoms with Crippen LogP contribution in [0.2, 0.25) is 5.28 Å². The van der Waals surface area contributed by atoms with Crippen LogP contribution >= 0.6 is 27.5 Å². The number of aryl methyl sites for hydroxylation is 1. The highest BCUT2D eigenvalue weighted by molar-refractivity contribution is 9.10. The van der Waals surface area contributed by atoms with Gasteiger partial charge in [0.1, 0.15) is 11.6 Å². The predicted molar refractivity (Wildman–Crippen MR) is 73.5 cm³/mol. The Labute approximate surface area is 121 Å². The Bertz CT molecular complexity index is 651. The van der Waals surface area contributed by atoms with Gasteiger partial charge in [0.2, 0.25) is 5.28 Å². The molecule has 0 fully saturated rings. The minimum atomic E-state index is -0.771. The summed E-state index contributed by atoms with van der Waals surface area (Å²) in [6.45, 7) is 1.64. The molecule has 0 saturated heterocycles. The fourth-order valence-corrected chi connectivity index (χ4v) is 1.94. The van der Waals surface area contributed by atoms with Crippen LogP contribution in [-0.4, -0.2) is 9.97 Å².